The molecule has 2 heterocycles. The van der Waals surface area contributed by atoms with Gasteiger partial charge in [-0.1, -0.05) is 0 Å². The summed E-state index contributed by atoms with van der Waals surface area (Å²) >= 11 is 0. The third kappa shape index (κ3) is 3.71. The fraction of sp³-hybridized carbons (Fsp3) is 0.278. The standard InChI is InChI=1S/C18H15F3N2O5/c1-9-12(5-6-27-9)17(26)28-10(2)16(25)23-8-15(24)22-13-7-11(18(19,20)21)3-4-14(13)23/h3-7,10H,8H2,1-2H3,(H,22,24)/t10-/m0/s1. The van der Waals surface area contributed by atoms with E-state index in [0.717, 1.165) is 23.1 Å². The largest absolute Gasteiger partial charge is 0.469 e. The highest BCUT2D eigenvalue weighted by Crippen LogP contribution is 2.37. The number of rotatable bonds is 3. The molecular formula is C18H15F3N2O5. The fourth-order valence-corrected chi connectivity index (χ4v) is 2.75. The Morgan fingerprint density at radius 3 is 2.61 bits per heavy atom. The topological polar surface area (TPSA) is 88.8 Å². The van der Waals surface area contributed by atoms with Gasteiger partial charge in [-0.25, -0.2) is 4.79 Å². The van der Waals surface area contributed by atoms with Crippen LogP contribution < -0.4 is 10.2 Å². The van der Waals surface area contributed by atoms with E-state index >= 15 is 0 Å². The number of carbonyl (C=O) groups excluding carboxylic acids is 3. The van der Waals surface area contributed by atoms with Crippen LogP contribution in [0.3, 0.4) is 0 Å². The minimum Gasteiger partial charge on any atom is -0.469 e. The smallest absolute Gasteiger partial charge is 0.416 e. The number of nitrogens with one attached hydrogen (secondary N) is 1. The average Bonchev–Trinajstić information content (AvgIpc) is 3.05. The van der Waals surface area contributed by atoms with Gasteiger partial charge in [-0.3, -0.25) is 14.5 Å². The van der Waals surface area contributed by atoms with E-state index in [9.17, 15) is 27.6 Å². The van der Waals surface area contributed by atoms with Crippen molar-refractivity contribution < 1.29 is 36.7 Å². The zero-order valence-corrected chi connectivity index (χ0v) is 14.8. The predicted molar refractivity (Wildman–Crippen MR) is 90.7 cm³/mol. The van der Waals surface area contributed by atoms with Crippen LogP contribution in [-0.4, -0.2) is 30.4 Å². The summed E-state index contributed by atoms with van der Waals surface area (Å²) in [6, 6.07) is 4.03. The monoisotopic (exact) mass is 396 g/mol. The van der Waals surface area contributed by atoms with Crippen LogP contribution in [0.25, 0.3) is 0 Å². The number of alkyl halides is 3. The van der Waals surface area contributed by atoms with Gasteiger partial charge in [-0.15, -0.1) is 0 Å². The van der Waals surface area contributed by atoms with E-state index in [1.807, 2.05) is 0 Å². The minimum absolute atomic E-state index is 0.0833. The molecular weight excluding hydrogens is 381 g/mol. The van der Waals surface area contributed by atoms with Gasteiger partial charge in [0, 0.05) is 0 Å². The number of fused-ring (bicyclic) bond motifs is 1. The molecule has 2 aromatic rings. The third-order valence-corrected chi connectivity index (χ3v) is 4.17. The summed E-state index contributed by atoms with van der Waals surface area (Å²) in [5, 5.41) is 2.31. The lowest BCUT2D eigenvalue weighted by atomic mass is 10.1. The molecule has 0 bridgehead atoms. The Bertz CT molecular complexity index is 951. The maximum atomic E-state index is 12.9. The number of esters is 1. The highest BCUT2D eigenvalue weighted by atomic mass is 19.4. The van der Waals surface area contributed by atoms with Gasteiger partial charge in [0.1, 0.15) is 17.9 Å². The first-order valence-corrected chi connectivity index (χ1v) is 8.15. The van der Waals surface area contributed by atoms with E-state index in [4.69, 9.17) is 9.15 Å². The molecule has 1 aromatic heterocycles. The number of hydrogen-bond donors (Lipinski definition) is 1. The molecule has 0 unspecified atom stereocenters. The van der Waals surface area contributed by atoms with E-state index in [-0.39, 0.29) is 16.9 Å². The van der Waals surface area contributed by atoms with Crippen LogP contribution in [0.1, 0.15) is 28.6 Å². The summed E-state index contributed by atoms with van der Waals surface area (Å²) in [4.78, 5) is 37.7. The van der Waals surface area contributed by atoms with E-state index in [1.165, 1.54) is 19.3 Å². The average molecular weight is 396 g/mol. The molecule has 0 aliphatic carbocycles. The Morgan fingerprint density at radius 1 is 1.29 bits per heavy atom. The molecule has 0 saturated heterocycles. The molecule has 0 saturated carbocycles. The molecule has 7 nitrogen and oxygen atoms in total. The Labute approximate surface area is 157 Å². The molecule has 0 spiro atoms. The number of nitrogens with zero attached hydrogens (tertiary/aromatic N) is 1. The lowest BCUT2D eigenvalue weighted by Crippen LogP contribution is -2.47. The van der Waals surface area contributed by atoms with Crippen LogP contribution in [0.5, 0.6) is 0 Å². The zero-order valence-electron chi connectivity index (χ0n) is 14.8. The van der Waals surface area contributed by atoms with Crippen LogP contribution in [0.2, 0.25) is 0 Å². The Morgan fingerprint density at radius 2 is 2.00 bits per heavy atom. The molecule has 1 atom stereocenters. The first-order valence-electron chi connectivity index (χ1n) is 8.15. The lowest BCUT2D eigenvalue weighted by Gasteiger charge is -2.31. The summed E-state index contributed by atoms with van der Waals surface area (Å²) in [5.41, 5.74) is -0.884. The second-order valence-corrected chi connectivity index (χ2v) is 6.14. The van der Waals surface area contributed by atoms with Gasteiger partial charge in [0.2, 0.25) is 5.91 Å². The van der Waals surface area contributed by atoms with Crippen molar-refractivity contribution in [1.82, 2.24) is 0 Å². The van der Waals surface area contributed by atoms with Crippen molar-refractivity contribution >= 4 is 29.2 Å². The van der Waals surface area contributed by atoms with E-state index in [1.54, 1.807) is 6.92 Å². The van der Waals surface area contributed by atoms with Crippen molar-refractivity contribution in [3.63, 3.8) is 0 Å². The molecule has 0 fully saturated rings. The number of halogens is 3. The van der Waals surface area contributed by atoms with Crippen LogP contribution in [0, 0.1) is 6.92 Å². The van der Waals surface area contributed by atoms with Crippen molar-refractivity contribution in [3.05, 3.63) is 47.4 Å². The van der Waals surface area contributed by atoms with Gasteiger partial charge in [0.15, 0.2) is 6.10 Å². The molecule has 1 aromatic carbocycles. The SMILES string of the molecule is Cc1occc1C(=O)O[C@@H](C)C(=O)N1CC(=O)Nc2cc(C(F)(F)F)ccc21. The third-order valence-electron chi connectivity index (χ3n) is 4.17. The van der Waals surface area contributed by atoms with Gasteiger partial charge in [0.25, 0.3) is 5.91 Å². The lowest BCUT2D eigenvalue weighted by molar-refractivity contribution is -0.137. The number of amides is 2. The molecule has 1 N–H and O–H groups in total. The minimum atomic E-state index is -4.60. The van der Waals surface area contributed by atoms with Gasteiger partial charge in [0.05, 0.1) is 23.2 Å². The van der Waals surface area contributed by atoms with Crippen molar-refractivity contribution in [1.29, 1.82) is 0 Å². The van der Waals surface area contributed by atoms with Gasteiger partial charge in [-0.2, -0.15) is 13.2 Å². The normalized spacial score (nSPS) is 14.9. The van der Waals surface area contributed by atoms with Crippen LogP contribution in [-0.2, 0) is 20.5 Å². The van der Waals surface area contributed by atoms with Crippen molar-refractivity contribution in [2.24, 2.45) is 0 Å². The summed E-state index contributed by atoms with van der Waals surface area (Å²) < 4.78 is 48.8. The van der Waals surface area contributed by atoms with Crippen molar-refractivity contribution in [2.75, 3.05) is 16.8 Å². The summed E-state index contributed by atoms with van der Waals surface area (Å²) in [6.45, 7) is 2.45. The van der Waals surface area contributed by atoms with Crippen molar-refractivity contribution in [2.45, 2.75) is 26.1 Å². The maximum absolute atomic E-state index is 12.9. The van der Waals surface area contributed by atoms with E-state index < -0.39 is 42.2 Å². The van der Waals surface area contributed by atoms with Gasteiger partial charge in [-0.05, 0) is 38.1 Å². The zero-order chi connectivity index (χ0) is 20.6. The molecule has 0 radical (unpaired) electrons. The van der Waals surface area contributed by atoms with Crippen molar-refractivity contribution in [3.8, 4) is 0 Å². The number of hydrogen-bond acceptors (Lipinski definition) is 5. The summed E-state index contributed by atoms with van der Waals surface area (Å²) in [6.07, 6.45) is -4.58. The van der Waals surface area contributed by atoms with Crippen LogP contribution >= 0.6 is 0 Å². The molecule has 2 amide bonds. The van der Waals surface area contributed by atoms with E-state index in [0.29, 0.717) is 5.76 Å². The number of furan rings is 1. The number of carbonyl (C=O) groups is 3. The fourth-order valence-electron chi connectivity index (χ4n) is 2.75. The molecule has 148 valence electrons. The Hall–Kier alpha value is -3.30. The maximum Gasteiger partial charge on any atom is 0.416 e. The molecule has 1 aliphatic rings. The van der Waals surface area contributed by atoms with Crippen LogP contribution in [0.15, 0.2) is 34.9 Å². The quantitative estimate of drug-likeness (QED) is 0.806. The highest BCUT2D eigenvalue weighted by molar-refractivity contribution is 6.11. The first kappa shape index (κ1) is 19.5. The number of aryl methyl sites for hydroxylation is 1. The molecule has 1 aliphatic heterocycles. The number of benzene rings is 1. The number of anilines is 2. The summed E-state index contributed by atoms with van der Waals surface area (Å²) in [5.74, 6) is -1.89. The Balaban J connectivity index is 1.83. The molecule has 28 heavy (non-hydrogen) atoms. The first-order chi connectivity index (χ1) is 13.1. The summed E-state index contributed by atoms with van der Waals surface area (Å²) in [7, 11) is 0. The second kappa shape index (κ2) is 7.02. The van der Waals surface area contributed by atoms with Crippen LogP contribution in [0.4, 0.5) is 24.5 Å². The predicted octanol–water partition coefficient (Wildman–Crippen LogP) is 3.14. The second-order valence-electron chi connectivity index (χ2n) is 6.14. The highest BCUT2D eigenvalue weighted by Gasteiger charge is 2.35. The molecule has 10 heteroatoms. The van der Waals surface area contributed by atoms with E-state index in [2.05, 4.69) is 5.32 Å². The Kier molecular flexibility index (Phi) is 4.88. The molecule has 3 rings (SSSR count). The number of ether oxygens (including phenoxy) is 1. The van der Waals surface area contributed by atoms with Gasteiger partial charge < -0.3 is 14.5 Å². The van der Waals surface area contributed by atoms with Gasteiger partial charge >= 0.3 is 12.1 Å².